The summed E-state index contributed by atoms with van der Waals surface area (Å²) in [6.45, 7) is -1.55. The Morgan fingerprint density at radius 2 is 1.49 bits per heavy atom. The minimum absolute atomic E-state index is 0.144. The molecule has 0 amide bonds. The van der Waals surface area contributed by atoms with Crippen LogP contribution in [0.3, 0.4) is 0 Å². The molecule has 1 aliphatic heterocycles. The lowest BCUT2D eigenvalue weighted by atomic mass is 9.98. The molecule has 37 heavy (non-hydrogen) atoms. The highest BCUT2D eigenvalue weighted by Gasteiger charge is 2.46. The highest BCUT2D eigenvalue weighted by molar-refractivity contribution is 6.33. The minimum atomic E-state index is -1.80. The first-order chi connectivity index (χ1) is 17.8. The summed E-state index contributed by atoms with van der Waals surface area (Å²) >= 11 is 0. The zero-order valence-electron chi connectivity index (χ0n) is 19.7. The number of rotatable bonds is 12. The van der Waals surface area contributed by atoms with Crippen LogP contribution >= 0.6 is 0 Å². The van der Waals surface area contributed by atoms with Gasteiger partial charge in [-0.2, -0.15) is 10.2 Å². The molecule has 0 spiro atoms. The van der Waals surface area contributed by atoms with Crippen molar-refractivity contribution in [2.45, 2.75) is 49.0 Å². The van der Waals surface area contributed by atoms with Gasteiger partial charge in [-0.25, -0.2) is 0 Å². The van der Waals surface area contributed by atoms with Crippen molar-refractivity contribution in [2.75, 3.05) is 24.1 Å². The van der Waals surface area contributed by atoms with E-state index in [2.05, 4.69) is 21.1 Å². The fourth-order valence-corrected chi connectivity index (χ4v) is 3.48. The molecule has 9 N–H and O–H groups in total. The Kier molecular flexibility index (Phi) is 10.9. The quantitative estimate of drug-likeness (QED) is 0.116. The van der Waals surface area contributed by atoms with Crippen molar-refractivity contribution in [2.24, 2.45) is 10.2 Å². The summed E-state index contributed by atoms with van der Waals surface area (Å²) in [5.41, 5.74) is 6.59. The molecule has 0 unspecified atom stereocenters. The Labute approximate surface area is 212 Å². The first-order valence-electron chi connectivity index (χ1n) is 11.5. The number of nitrogens with zero attached hydrogens (tertiary/aromatic N) is 2. The highest BCUT2D eigenvalue weighted by Crippen LogP contribution is 2.24. The van der Waals surface area contributed by atoms with Gasteiger partial charge in [0.1, 0.15) is 48.4 Å². The maximum absolute atomic E-state index is 11.1. The van der Waals surface area contributed by atoms with E-state index in [0.717, 1.165) is 0 Å². The lowest BCUT2D eigenvalue weighted by Gasteiger charge is -2.41. The summed E-state index contributed by atoms with van der Waals surface area (Å²) < 4.78 is 10.9. The molecule has 13 heteroatoms. The van der Waals surface area contributed by atoms with Crippen LogP contribution in [0.2, 0.25) is 0 Å². The van der Waals surface area contributed by atoms with Crippen molar-refractivity contribution >= 4 is 23.3 Å². The summed E-state index contributed by atoms with van der Waals surface area (Å²) in [5.74, 6) is 0. The first kappa shape index (κ1) is 28.6. The molecular weight excluding hydrogens is 488 g/mol. The van der Waals surface area contributed by atoms with Crippen LogP contribution in [0.25, 0.3) is 0 Å². The van der Waals surface area contributed by atoms with Gasteiger partial charge in [-0.05, 0) is 24.3 Å². The predicted octanol–water partition coefficient (Wildman–Crippen LogP) is -1.55. The van der Waals surface area contributed by atoms with Crippen LogP contribution in [0, 0.1) is 0 Å². The number of hydrazone groups is 2. The van der Waals surface area contributed by atoms with E-state index in [1.807, 2.05) is 6.07 Å². The Morgan fingerprint density at radius 1 is 0.892 bits per heavy atom. The molecule has 13 nitrogen and oxygen atoms in total. The Hall–Kier alpha value is -2.98. The summed E-state index contributed by atoms with van der Waals surface area (Å²) in [4.78, 5) is 0. The van der Waals surface area contributed by atoms with E-state index in [9.17, 15) is 35.7 Å². The Balaban J connectivity index is 1.85. The van der Waals surface area contributed by atoms with Crippen LogP contribution in [0.4, 0.5) is 11.4 Å². The van der Waals surface area contributed by atoms with Gasteiger partial charge in [0.05, 0.1) is 30.8 Å². The Morgan fingerprint density at radius 3 is 2.05 bits per heavy atom. The van der Waals surface area contributed by atoms with Gasteiger partial charge in [0.2, 0.25) is 0 Å². The third-order valence-corrected chi connectivity index (χ3v) is 5.57. The summed E-state index contributed by atoms with van der Waals surface area (Å²) in [6.07, 6.45) is -12.1. The average molecular weight is 521 g/mol. The van der Waals surface area contributed by atoms with Crippen LogP contribution < -0.4 is 10.9 Å². The van der Waals surface area contributed by atoms with Crippen LogP contribution in [0.1, 0.15) is 0 Å². The molecule has 3 rings (SSSR count). The van der Waals surface area contributed by atoms with Crippen molar-refractivity contribution in [3.05, 3.63) is 60.7 Å². The van der Waals surface area contributed by atoms with Gasteiger partial charge in [-0.1, -0.05) is 36.4 Å². The third kappa shape index (κ3) is 7.75. The second-order valence-electron chi connectivity index (χ2n) is 8.24. The average Bonchev–Trinajstić information content (AvgIpc) is 2.93. The molecule has 1 aliphatic rings. The number of hydrogen-bond acceptors (Lipinski definition) is 13. The fraction of sp³-hybridized carbons (Fsp3) is 0.417. The second-order valence-corrected chi connectivity index (χ2v) is 8.24. The maximum Gasteiger partial charge on any atom is 0.187 e. The van der Waals surface area contributed by atoms with Gasteiger partial charge >= 0.3 is 0 Å². The standard InChI is InChI=1S/C24H32N4O9/c29-12-17(31)23(37-24-22(35)21(34)20(33)18(13-30)36-24)19(32)16(28-27-15-9-5-2-6-10-15)11-25-26-14-7-3-1-4-8-14/h1-11,17-24,26-27,29-35H,12-13H2/b25-11+,28-16+/t17-,18+,19+,20-,21-,22-,23-,24-/m1/s1. The van der Waals surface area contributed by atoms with Crippen molar-refractivity contribution < 1.29 is 45.2 Å². The molecule has 0 radical (unpaired) electrons. The molecule has 1 fully saturated rings. The number of anilines is 2. The molecule has 1 heterocycles. The zero-order chi connectivity index (χ0) is 26.8. The smallest absolute Gasteiger partial charge is 0.187 e. The molecule has 2 aromatic carbocycles. The molecule has 8 atom stereocenters. The molecule has 0 aromatic heterocycles. The number of aliphatic hydroxyl groups excluding tert-OH is 7. The van der Waals surface area contributed by atoms with E-state index in [-0.39, 0.29) is 5.71 Å². The van der Waals surface area contributed by atoms with Gasteiger partial charge in [-0.3, -0.25) is 10.9 Å². The molecule has 0 aliphatic carbocycles. The Bertz CT molecular complexity index is 996. The van der Waals surface area contributed by atoms with Gasteiger partial charge in [0.15, 0.2) is 6.29 Å². The lowest BCUT2D eigenvalue weighted by molar-refractivity contribution is -0.322. The molecule has 0 bridgehead atoms. The number of benzene rings is 2. The van der Waals surface area contributed by atoms with Crippen molar-refractivity contribution in [1.29, 1.82) is 0 Å². The maximum atomic E-state index is 11.1. The van der Waals surface area contributed by atoms with E-state index in [0.29, 0.717) is 11.4 Å². The largest absolute Gasteiger partial charge is 0.394 e. The van der Waals surface area contributed by atoms with Gasteiger partial charge in [-0.15, -0.1) is 0 Å². The van der Waals surface area contributed by atoms with E-state index in [4.69, 9.17) is 9.47 Å². The van der Waals surface area contributed by atoms with E-state index in [1.54, 1.807) is 54.6 Å². The monoisotopic (exact) mass is 520 g/mol. The van der Waals surface area contributed by atoms with Crippen LogP contribution in [0.15, 0.2) is 70.9 Å². The van der Waals surface area contributed by atoms with Crippen molar-refractivity contribution in [3.8, 4) is 0 Å². The number of aliphatic hydroxyl groups is 7. The minimum Gasteiger partial charge on any atom is -0.394 e. The SMILES string of the molecule is OC[C@@H](O)[C@@H](O[C@H]1O[C@@H](CO)[C@@H](O)[C@@H](O)[C@H]1O)[C@@H](O)C(/C=N/Nc1ccccc1)=N/Nc1ccccc1. The van der Waals surface area contributed by atoms with Crippen molar-refractivity contribution in [1.82, 2.24) is 0 Å². The van der Waals surface area contributed by atoms with Crippen LogP contribution in [0.5, 0.6) is 0 Å². The summed E-state index contributed by atoms with van der Waals surface area (Å²) in [7, 11) is 0. The molecule has 202 valence electrons. The van der Waals surface area contributed by atoms with Crippen LogP contribution in [-0.2, 0) is 9.47 Å². The molecule has 0 saturated carbocycles. The third-order valence-electron chi connectivity index (χ3n) is 5.57. The predicted molar refractivity (Wildman–Crippen MR) is 134 cm³/mol. The fourth-order valence-electron chi connectivity index (χ4n) is 3.48. The highest BCUT2D eigenvalue weighted by atomic mass is 16.7. The molecule has 1 saturated heterocycles. The number of ether oxygens (including phenoxy) is 2. The van der Waals surface area contributed by atoms with Gasteiger partial charge in [0, 0.05) is 0 Å². The number of para-hydroxylation sites is 2. The number of hydrogen-bond donors (Lipinski definition) is 9. The first-order valence-corrected chi connectivity index (χ1v) is 11.5. The summed E-state index contributed by atoms with van der Waals surface area (Å²) in [6, 6.07) is 17.7. The van der Waals surface area contributed by atoms with Crippen molar-refractivity contribution in [3.63, 3.8) is 0 Å². The van der Waals surface area contributed by atoms with E-state index in [1.165, 1.54) is 6.21 Å². The normalized spacial score (nSPS) is 27.0. The second kappa shape index (κ2) is 14.1. The topological polar surface area (TPSA) is 209 Å². The summed E-state index contributed by atoms with van der Waals surface area (Å²) in [5, 5.41) is 79.1. The number of nitrogens with one attached hydrogen (secondary N) is 2. The lowest BCUT2D eigenvalue weighted by Crippen LogP contribution is -2.61. The molecular formula is C24H32N4O9. The zero-order valence-corrected chi connectivity index (χ0v) is 19.7. The van der Waals surface area contributed by atoms with Crippen LogP contribution in [-0.4, -0.2) is 110 Å². The van der Waals surface area contributed by atoms with Gasteiger partial charge in [0.25, 0.3) is 0 Å². The van der Waals surface area contributed by atoms with E-state index < -0.39 is 62.2 Å². The molecule has 2 aromatic rings. The van der Waals surface area contributed by atoms with E-state index >= 15 is 0 Å². The van der Waals surface area contributed by atoms with Gasteiger partial charge < -0.3 is 45.2 Å².